The normalized spacial score (nSPS) is 13.4. The maximum absolute atomic E-state index is 15.2. The molecular weight excluding hydrogens is 500 g/mol. The molecule has 1 heterocycles. The van der Waals surface area contributed by atoms with Gasteiger partial charge in [0.25, 0.3) is 0 Å². The Hall–Kier alpha value is -3.38. The fraction of sp³-hybridized carbons (Fsp3) is 0.267. The molecule has 8 heteroatoms. The van der Waals surface area contributed by atoms with E-state index in [4.69, 9.17) is 14.1 Å². The minimum absolute atomic E-state index is 0.264. The van der Waals surface area contributed by atoms with Gasteiger partial charge in [0, 0.05) is 0 Å². The second-order valence-corrected chi connectivity index (χ2v) is 11.4. The van der Waals surface area contributed by atoms with E-state index in [9.17, 15) is 4.57 Å². The summed E-state index contributed by atoms with van der Waals surface area (Å²) in [6, 6.07) is 30.2. The van der Waals surface area contributed by atoms with Crippen molar-refractivity contribution in [3.63, 3.8) is 0 Å². The minimum atomic E-state index is -4.04. The molecule has 1 unspecified atom stereocenters. The van der Waals surface area contributed by atoms with Crippen molar-refractivity contribution in [3.05, 3.63) is 126 Å². The molecule has 198 valence electrons. The van der Waals surface area contributed by atoms with Crippen molar-refractivity contribution in [1.29, 1.82) is 0 Å². The summed E-state index contributed by atoms with van der Waals surface area (Å²) in [7, 11) is -4.04. The second kappa shape index (κ2) is 12.0. The Balaban J connectivity index is 1.80. The van der Waals surface area contributed by atoms with Crippen molar-refractivity contribution in [3.8, 4) is 0 Å². The third-order valence-electron chi connectivity index (χ3n) is 5.85. The molecule has 6 nitrogen and oxygen atoms in total. The first-order valence-corrected chi connectivity index (χ1v) is 14.2. The van der Waals surface area contributed by atoms with E-state index in [-0.39, 0.29) is 5.82 Å². The van der Waals surface area contributed by atoms with Gasteiger partial charge in [0.2, 0.25) is 5.91 Å². The van der Waals surface area contributed by atoms with Gasteiger partial charge in [-0.2, -0.15) is 5.10 Å². The van der Waals surface area contributed by atoms with Crippen LogP contribution in [-0.4, -0.2) is 32.9 Å². The summed E-state index contributed by atoms with van der Waals surface area (Å²) < 4.78 is 41.0. The third kappa shape index (κ3) is 5.86. The van der Waals surface area contributed by atoms with E-state index in [0.29, 0.717) is 0 Å². The Morgan fingerprint density at radius 3 is 1.61 bits per heavy atom. The van der Waals surface area contributed by atoms with Gasteiger partial charge in [-0.15, -0.1) is 0 Å². The first-order valence-electron chi connectivity index (χ1n) is 12.6. The molecule has 0 N–H and O–H groups in total. The van der Waals surface area contributed by atoms with Crippen LogP contribution in [0.4, 0.5) is 4.39 Å². The molecule has 4 aromatic rings. The Morgan fingerprint density at radius 2 is 1.21 bits per heavy atom. The SMILES string of the molecule is CC(C)OP(=O)(OC(C)C)C(F)/C=C/c1ncn(C(c2ccccc2)(c2ccccc2)c2ccccc2)n1. The monoisotopic (exact) mass is 533 g/mol. The topological polar surface area (TPSA) is 66.2 Å². The van der Waals surface area contributed by atoms with E-state index < -0.39 is 31.3 Å². The van der Waals surface area contributed by atoms with Crippen LogP contribution in [0.5, 0.6) is 0 Å². The highest BCUT2D eigenvalue weighted by atomic mass is 31.2. The van der Waals surface area contributed by atoms with E-state index in [0.717, 1.165) is 22.8 Å². The van der Waals surface area contributed by atoms with Crippen molar-refractivity contribution in [1.82, 2.24) is 14.8 Å². The van der Waals surface area contributed by atoms with Crippen LogP contribution in [0.3, 0.4) is 0 Å². The van der Waals surface area contributed by atoms with E-state index >= 15 is 4.39 Å². The highest BCUT2D eigenvalue weighted by Crippen LogP contribution is 2.56. The Bertz CT molecular complexity index is 1260. The Kier molecular flexibility index (Phi) is 8.72. The van der Waals surface area contributed by atoms with Crippen molar-refractivity contribution >= 4 is 13.7 Å². The van der Waals surface area contributed by atoms with Gasteiger partial charge in [0.15, 0.2) is 5.82 Å². The summed E-state index contributed by atoms with van der Waals surface area (Å²) in [4.78, 5) is 4.46. The van der Waals surface area contributed by atoms with Crippen LogP contribution >= 0.6 is 7.60 Å². The predicted octanol–water partition coefficient (Wildman–Crippen LogP) is 7.47. The summed E-state index contributed by atoms with van der Waals surface area (Å²) in [6.45, 7) is 6.75. The van der Waals surface area contributed by atoms with Crippen molar-refractivity contribution in [2.75, 3.05) is 0 Å². The lowest BCUT2D eigenvalue weighted by Crippen LogP contribution is -2.38. The van der Waals surface area contributed by atoms with Gasteiger partial charge in [-0.25, -0.2) is 14.1 Å². The molecule has 0 fully saturated rings. The molecule has 4 rings (SSSR count). The fourth-order valence-electron chi connectivity index (χ4n) is 4.45. The number of benzene rings is 3. The van der Waals surface area contributed by atoms with Gasteiger partial charge in [-0.05, 0) is 56.5 Å². The van der Waals surface area contributed by atoms with Crippen LogP contribution in [0.2, 0.25) is 0 Å². The lowest BCUT2D eigenvalue weighted by molar-refractivity contribution is 0.128. The smallest absolute Gasteiger partial charge is 0.304 e. The highest BCUT2D eigenvalue weighted by Gasteiger charge is 2.40. The molecule has 0 amide bonds. The molecule has 0 bridgehead atoms. The van der Waals surface area contributed by atoms with Crippen LogP contribution in [0.1, 0.15) is 50.2 Å². The lowest BCUT2D eigenvalue weighted by Gasteiger charge is -2.35. The molecule has 0 radical (unpaired) electrons. The Labute approximate surface area is 223 Å². The molecule has 1 atom stereocenters. The summed E-state index contributed by atoms with van der Waals surface area (Å²) >= 11 is 0. The largest absolute Gasteiger partial charge is 0.368 e. The summed E-state index contributed by atoms with van der Waals surface area (Å²) in [5.74, 6) is -1.71. The number of aromatic nitrogens is 3. The van der Waals surface area contributed by atoms with Gasteiger partial charge in [-0.3, -0.25) is 4.57 Å². The number of alkyl halides is 1. The first-order chi connectivity index (χ1) is 18.3. The molecule has 1 aromatic heterocycles. The predicted molar refractivity (Wildman–Crippen MR) is 149 cm³/mol. The average Bonchev–Trinajstić information content (AvgIpc) is 3.38. The maximum atomic E-state index is 15.2. The van der Waals surface area contributed by atoms with Gasteiger partial charge in [0.05, 0.1) is 12.2 Å². The molecule has 0 spiro atoms. The fourth-order valence-corrected chi connectivity index (χ4v) is 6.20. The van der Waals surface area contributed by atoms with E-state index in [2.05, 4.69) is 41.4 Å². The second-order valence-electron chi connectivity index (χ2n) is 9.44. The molecule has 0 aliphatic carbocycles. The molecule has 0 saturated carbocycles. The average molecular weight is 534 g/mol. The Morgan fingerprint density at radius 1 is 0.789 bits per heavy atom. The van der Waals surface area contributed by atoms with E-state index in [1.54, 1.807) is 38.7 Å². The van der Waals surface area contributed by atoms with E-state index in [1.165, 1.54) is 6.08 Å². The van der Waals surface area contributed by atoms with Crippen LogP contribution < -0.4 is 0 Å². The van der Waals surface area contributed by atoms with Gasteiger partial charge >= 0.3 is 7.60 Å². The maximum Gasteiger partial charge on any atom is 0.368 e. The molecule has 0 saturated heterocycles. The molecule has 38 heavy (non-hydrogen) atoms. The minimum Gasteiger partial charge on any atom is -0.304 e. The zero-order valence-corrected chi connectivity index (χ0v) is 22.9. The number of allylic oxidation sites excluding steroid dienone is 1. The number of halogens is 1. The molecule has 0 aliphatic heterocycles. The number of hydrogen-bond acceptors (Lipinski definition) is 5. The van der Waals surface area contributed by atoms with Crippen molar-refractivity contribution in [2.24, 2.45) is 0 Å². The summed E-state index contributed by atoms with van der Waals surface area (Å²) in [5, 5.41) is 4.77. The summed E-state index contributed by atoms with van der Waals surface area (Å²) in [6.07, 6.45) is 3.25. The van der Waals surface area contributed by atoms with Gasteiger partial charge in [0.1, 0.15) is 11.9 Å². The number of hydrogen-bond donors (Lipinski definition) is 0. The van der Waals surface area contributed by atoms with Crippen molar-refractivity contribution < 1.29 is 18.0 Å². The van der Waals surface area contributed by atoms with Crippen LogP contribution in [0.15, 0.2) is 103 Å². The highest BCUT2D eigenvalue weighted by molar-refractivity contribution is 7.54. The van der Waals surface area contributed by atoms with Crippen LogP contribution in [0, 0.1) is 0 Å². The number of rotatable bonds is 11. The molecule has 3 aromatic carbocycles. The van der Waals surface area contributed by atoms with E-state index in [1.807, 2.05) is 54.6 Å². The zero-order valence-electron chi connectivity index (χ0n) is 22.0. The summed E-state index contributed by atoms with van der Waals surface area (Å²) in [5.41, 5.74) is 2.12. The first kappa shape index (κ1) is 27.6. The lowest BCUT2D eigenvalue weighted by atomic mass is 9.77. The van der Waals surface area contributed by atoms with Crippen molar-refractivity contribution in [2.45, 2.75) is 51.4 Å². The quantitative estimate of drug-likeness (QED) is 0.148. The molecule has 0 aliphatic rings. The standard InChI is InChI=1S/C30H33FN3O3P/c1-23(2)36-38(35,37-24(3)4)28(31)20-21-29-32-22-34(33-29)30(25-14-8-5-9-15-25,26-16-10-6-11-17-26)27-18-12-7-13-19-27/h5-24,28H,1-4H3/b21-20+. The number of nitrogens with zero attached hydrogens (tertiary/aromatic N) is 3. The molecular formula is C30H33FN3O3P. The third-order valence-corrected chi connectivity index (χ3v) is 8.06. The van der Waals surface area contributed by atoms with Gasteiger partial charge in [-0.1, -0.05) is 91.0 Å². The van der Waals surface area contributed by atoms with Gasteiger partial charge < -0.3 is 9.05 Å². The zero-order chi connectivity index (χ0) is 27.2. The van der Waals surface area contributed by atoms with Crippen LogP contribution in [-0.2, 0) is 19.2 Å². The van der Waals surface area contributed by atoms with Crippen LogP contribution in [0.25, 0.3) is 6.08 Å².